The fraction of sp³-hybridized carbons (Fsp3) is 0.562. The minimum Gasteiger partial charge on any atom is -0.466 e. The lowest BCUT2D eigenvalue weighted by atomic mass is 9.96. The zero-order valence-corrected chi connectivity index (χ0v) is 13.5. The van der Waals surface area contributed by atoms with Crippen molar-refractivity contribution in [2.75, 3.05) is 13.1 Å². The molecule has 0 aliphatic carbocycles. The van der Waals surface area contributed by atoms with Gasteiger partial charge in [-0.3, -0.25) is 4.79 Å². The van der Waals surface area contributed by atoms with E-state index in [1.807, 2.05) is 25.7 Å². The summed E-state index contributed by atoms with van der Waals surface area (Å²) in [6.07, 6.45) is 1.92. The molecule has 1 aliphatic heterocycles. The summed E-state index contributed by atoms with van der Waals surface area (Å²) >= 11 is 0. The van der Waals surface area contributed by atoms with Gasteiger partial charge in [-0.2, -0.15) is 4.98 Å². The van der Waals surface area contributed by atoms with E-state index in [1.54, 1.807) is 6.92 Å². The summed E-state index contributed by atoms with van der Waals surface area (Å²) in [5.41, 5.74) is 1.63. The number of furan rings is 1. The molecule has 2 aromatic rings. The maximum atomic E-state index is 12.8. The van der Waals surface area contributed by atoms with Crippen LogP contribution in [0.5, 0.6) is 0 Å². The van der Waals surface area contributed by atoms with Crippen LogP contribution in [-0.2, 0) is 0 Å². The van der Waals surface area contributed by atoms with Gasteiger partial charge in [-0.25, -0.2) is 0 Å². The Labute approximate surface area is 129 Å². The average molecular weight is 303 g/mol. The van der Waals surface area contributed by atoms with E-state index in [-0.39, 0.29) is 11.8 Å². The van der Waals surface area contributed by atoms with Crippen LogP contribution in [0.3, 0.4) is 0 Å². The number of carbonyl (C=O) groups excluding carboxylic acids is 1. The molecule has 0 saturated carbocycles. The summed E-state index contributed by atoms with van der Waals surface area (Å²) in [5, 5.41) is 4.00. The smallest absolute Gasteiger partial charge is 0.257 e. The summed E-state index contributed by atoms with van der Waals surface area (Å²) < 4.78 is 10.6. The van der Waals surface area contributed by atoms with E-state index in [1.165, 1.54) is 0 Å². The number of nitrogens with zero attached hydrogens (tertiary/aromatic N) is 3. The molecular weight excluding hydrogens is 282 g/mol. The molecule has 1 amide bonds. The third-order valence-corrected chi connectivity index (χ3v) is 4.39. The highest BCUT2D eigenvalue weighted by molar-refractivity contribution is 5.97. The van der Waals surface area contributed by atoms with Gasteiger partial charge in [0, 0.05) is 31.5 Å². The van der Waals surface area contributed by atoms with Crippen LogP contribution in [0.15, 0.2) is 8.94 Å². The Balaban J connectivity index is 1.81. The molecule has 0 unspecified atom stereocenters. The molecule has 6 nitrogen and oxygen atoms in total. The number of hydrogen-bond donors (Lipinski definition) is 0. The van der Waals surface area contributed by atoms with Gasteiger partial charge in [0.25, 0.3) is 5.91 Å². The molecule has 1 aliphatic rings. The van der Waals surface area contributed by atoms with E-state index in [2.05, 4.69) is 10.1 Å². The highest BCUT2D eigenvalue weighted by Crippen LogP contribution is 2.28. The van der Waals surface area contributed by atoms with Crippen LogP contribution in [0.1, 0.15) is 57.9 Å². The summed E-state index contributed by atoms with van der Waals surface area (Å²) in [6.45, 7) is 8.83. The molecule has 1 saturated heterocycles. The van der Waals surface area contributed by atoms with Gasteiger partial charge < -0.3 is 13.8 Å². The molecule has 1 atom stereocenters. The van der Waals surface area contributed by atoms with Crippen LogP contribution in [0, 0.1) is 27.7 Å². The number of piperidine rings is 1. The molecule has 118 valence electrons. The second-order valence-corrected chi connectivity index (χ2v) is 5.98. The Morgan fingerprint density at radius 3 is 2.59 bits per heavy atom. The van der Waals surface area contributed by atoms with Crippen molar-refractivity contribution in [3.05, 3.63) is 34.4 Å². The molecule has 0 N–H and O–H groups in total. The molecule has 0 radical (unpaired) electrons. The lowest BCUT2D eigenvalue weighted by molar-refractivity contribution is 0.0701. The van der Waals surface area contributed by atoms with Crippen LogP contribution >= 0.6 is 0 Å². The van der Waals surface area contributed by atoms with Crippen molar-refractivity contribution in [2.45, 2.75) is 46.5 Å². The fourth-order valence-corrected chi connectivity index (χ4v) is 3.12. The first-order valence-corrected chi connectivity index (χ1v) is 7.63. The van der Waals surface area contributed by atoms with Gasteiger partial charge in [-0.1, -0.05) is 5.16 Å². The SMILES string of the molecule is Cc1nc([C@@H]2CCCN(C(=O)c3c(C)oc(C)c3C)C2)no1. The molecule has 2 aromatic heterocycles. The van der Waals surface area contributed by atoms with Crippen molar-refractivity contribution in [1.29, 1.82) is 0 Å². The van der Waals surface area contributed by atoms with Crippen LogP contribution in [0.25, 0.3) is 0 Å². The van der Waals surface area contributed by atoms with Crippen molar-refractivity contribution >= 4 is 5.91 Å². The van der Waals surface area contributed by atoms with Crippen LogP contribution in [0.4, 0.5) is 0 Å². The molecule has 3 heterocycles. The van der Waals surface area contributed by atoms with E-state index in [4.69, 9.17) is 8.94 Å². The van der Waals surface area contributed by atoms with Crippen molar-refractivity contribution in [3.63, 3.8) is 0 Å². The molecular formula is C16H21N3O3. The number of likely N-dealkylation sites (tertiary alicyclic amines) is 1. The Morgan fingerprint density at radius 1 is 1.23 bits per heavy atom. The number of rotatable bonds is 2. The summed E-state index contributed by atoms with van der Waals surface area (Å²) in [4.78, 5) is 19.0. The van der Waals surface area contributed by atoms with E-state index >= 15 is 0 Å². The topological polar surface area (TPSA) is 72.4 Å². The van der Waals surface area contributed by atoms with Gasteiger partial charge in [0.1, 0.15) is 11.5 Å². The predicted octanol–water partition coefficient (Wildman–Crippen LogP) is 2.92. The van der Waals surface area contributed by atoms with E-state index in [0.717, 1.165) is 30.7 Å². The molecule has 3 rings (SSSR count). The third kappa shape index (κ3) is 2.53. The second-order valence-electron chi connectivity index (χ2n) is 5.98. The van der Waals surface area contributed by atoms with Crippen molar-refractivity contribution in [1.82, 2.24) is 15.0 Å². The van der Waals surface area contributed by atoms with Crippen LogP contribution in [0.2, 0.25) is 0 Å². The van der Waals surface area contributed by atoms with E-state index < -0.39 is 0 Å². The first-order valence-electron chi connectivity index (χ1n) is 7.63. The summed E-state index contributed by atoms with van der Waals surface area (Å²) in [7, 11) is 0. The average Bonchev–Trinajstić information content (AvgIpc) is 3.03. The quantitative estimate of drug-likeness (QED) is 0.853. The number of hydrogen-bond acceptors (Lipinski definition) is 5. The van der Waals surface area contributed by atoms with Gasteiger partial charge in [-0.05, 0) is 33.6 Å². The first-order chi connectivity index (χ1) is 10.5. The Kier molecular flexibility index (Phi) is 3.76. The Hall–Kier alpha value is -2.11. The lowest BCUT2D eigenvalue weighted by Gasteiger charge is -2.31. The van der Waals surface area contributed by atoms with Gasteiger partial charge >= 0.3 is 0 Å². The minimum absolute atomic E-state index is 0.0387. The third-order valence-electron chi connectivity index (χ3n) is 4.39. The van der Waals surface area contributed by atoms with Gasteiger partial charge in [-0.15, -0.1) is 0 Å². The van der Waals surface area contributed by atoms with E-state index in [9.17, 15) is 4.79 Å². The monoisotopic (exact) mass is 303 g/mol. The zero-order valence-electron chi connectivity index (χ0n) is 13.5. The molecule has 0 spiro atoms. The normalized spacial score (nSPS) is 18.7. The van der Waals surface area contributed by atoms with Crippen LogP contribution < -0.4 is 0 Å². The highest BCUT2D eigenvalue weighted by atomic mass is 16.5. The summed E-state index contributed by atoms with van der Waals surface area (Å²) in [5.74, 6) is 2.95. The molecule has 0 aromatic carbocycles. The number of amides is 1. The number of aryl methyl sites for hydroxylation is 3. The van der Waals surface area contributed by atoms with Gasteiger partial charge in [0.2, 0.25) is 5.89 Å². The number of aromatic nitrogens is 2. The van der Waals surface area contributed by atoms with Gasteiger partial charge in [0.15, 0.2) is 5.82 Å². The summed E-state index contributed by atoms with van der Waals surface area (Å²) in [6, 6.07) is 0. The van der Waals surface area contributed by atoms with Gasteiger partial charge in [0.05, 0.1) is 5.56 Å². The largest absolute Gasteiger partial charge is 0.466 e. The molecule has 0 bridgehead atoms. The fourth-order valence-electron chi connectivity index (χ4n) is 3.12. The standard InChI is InChI=1S/C16H21N3O3/c1-9-10(2)21-11(3)14(9)16(20)19-7-5-6-13(8-19)15-17-12(4)22-18-15/h13H,5-8H2,1-4H3/t13-/m1/s1. The van der Waals surface area contributed by atoms with Crippen LogP contribution in [-0.4, -0.2) is 34.0 Å². The first kappa shape index (κ1) is 14.8. The second kappa shape index (κ2) is 5.59. The molecule has 1 fully saturated rings. The number of carbonyl (C=O) groups is 1. The lowest BCUT2D eigenvalue weighted by Crippen LogP contribution is -2.39. The predicted molar refractivity (Wildman–Crippen MR) is 79.8 cm³/mol. The molecule has 6 heteroatoms. The zero-order chi connectivity index (χ0) is 15.9. The van der Waals surface area contributed by atoms with Crippen molar-refractivity contribution < 1.29 is 13.7 Å². The molecule has 22 heavy (non-hydrogen) atoms. The van der Waals surface area contributed by atoms with Crippen molar-refractivity contribution in [3.8, 4) is 0 Å². The highest BCUT2D eigenvalue weighted by Gasteiger charge is 2.30. The van der Waals surface area contributed by atoms with Crippen molar-refractivity contribution in [2.24, 2.45) is 0 Å². The minimum atomic E-state index is 0.0387. The van der Waals surface area contributed by atoms with E-state index in [0.29, 0.717) is 29.6 Å². The maximum absolute atomic E-state index is 12.8. The Morgan fingerprint density at radius 2 is 2.00 bits per heavy atom. The maximum Gasteiger partial charge on any atom is 0.257 e. The Bertz CT molecular complexity index is 702.